The minimum atomic E-state index is 0.881. The molecule has 1 atom stereocenters. The first-order valence-corrected chi connectivity index (χ1v) is 7.14. The highest BCUT2D eigenvalue weighted by Crippen LogP contribution is 2.24. The molecule has 0 spiro atoms. The molecule has 0 saturated carbocycles. The highest BCUT2D eigenvalue weighted by molar-refractivity contribution is 9.09. The number of nitrogens with zero attached hydrogens (tertiary/aromatic N) is 1. The van der Waals surface area contributed by atoms with Crippen LogP contribution in [0, 0.1) is 11.8 Å². The first-order valence-electron chi connectivity index (χ1n) is 6.02. The van der Waals surface area contributed by atoms with Crippen molar-refractivity contribution in [1.82, 2.24) is 4.90 Å². The van der Waals surface area contributed by atoms with E-state index in [2.05, 4.69) is 34.7 Å². The highest BCUT2D eigenvalue weighted by Gasteiger charge is 2.18. The van der Waals surface area contributed by atoms with Crippen LogP contribution in [0.5, 0.6) is 0 Å². The van der Waals surface area contributed by atoms with Crippen LogP contribution in [0.4, 0.5) is 0 Å². The summed E-state index contributed by atoms with van der Waals surface area (Å²) in [7, 11) is 0. The number of hydrogen-bond acceptors (Lipinski definition) is 1. The summed E-state index contributed by atoms with van der Waals surface area (Å²) in [5.74, 6) is 1.86. The van der Waals surface area contributed by atoms with Crippen molar-refractivity contribution in [3.63, 3.8) is 0 Å². The van der Waals surface area contributed by atoms with E-state index in [1.807, 2.05) is 0 Å². The summed E-state index contributed by atoms with van der Waals surface area (Å²) in [6, 6.07) is 0. The van der Waals surface area contributed by atoms with Crippen LogP contribution in [0.15, 0.2) is 0 Å². The Morgan fingerprint density at radius 3 is 2.71 bits per heavy atom. The maximum Gasteiger partial charge on any atom is 0.00434 e. The lowest BCUT2D eigenvalue weighted by Crippen LogP contribution is -2.26. The lowest BCUT2D eigenvalue weighted by molar-refractivity contribution is 0.273. The highest BCUT2D eigenvalue weighted by atomic mass is 79.9. The van der Waals surface area contributed by atoms with Gasteiger partial charge in [0.05, 0.1) is 0 Å². The number of halogens is 1. The zero-order valence-electron chi connectivity index (χ0n) is 9.64. The second-order valence-corrected chi connectivity index (χ2v) is 5.61. The first kappa shape index (κ1) is 12.5. The molecule has 84 valence electrons. The average molecular weight is 262 g/mol. The molecule has 1 unspecified atom stereocenters. The SMILES string of the molecule is CC(C)C1CCCN(CCCBr)CC1. The summed E-state index contributed by atoms with van der Waals surface area (Å²) in [5.41, 5.74) is 0. The third-order valence-corrected chi connectivity index (χ3v) is 3.98. The fourth-order valence-corrected chi connectivity index (χ4v) is 2.61. The molecule has 1 heterocycles. The van der Waals surface area contributed by atoms with E-state index in [0.29, 0.717) is 0 Å². The zero-order valence-corrected chi connectivity index (χ0v) is 11.2. The molecule has 0 aromatic carbocycles. The Balaban J connectivity index is 2.26. The molecule has 1 aliphatic rings. The van der Waals surface area contributed by atoms with Gasteiger partial charge < -0.3 is 4.90 Å². The van der Waals surface area contributed by atoms with Gasteiger partial charge >= 0.3 is 0 Å². The Hall–Kier alpha value is 0.440. The molecule has 1 fully saturated rings. The summed E-state index contributed by atoms with van der Waals surface area (Å²) < 4.78 is 0. The molecule has 0 amide bonds. The minimum Gasteiger partial charge on any atom is -0.303 e. The van der Waals surface area contributed by atoms with Crippen LogP contribution in [0.3, 0.4) is 0 Å². The molecule has 0 N–H and O–H groups in total. The Bertz CT molecular complexity index is 147. The molecule has 2 heteroatoms. The fourth-order valence-electron chi connectivity index (χ4n) is 2.36. The number of alkyl halides is 1. The summed E-state index contributed by atoms with van der Waals surface area (Å²) in [5, 5.41) is 1.15. The predicted molar refractivity (Wildman–Crippen MR) is 67.0 cm³/mol. The second-order valence-electron chi connectivity index (χ2n) is 4.82. The van der Waals surface area contributed by atoms with Gasteiger partial charge in [-0.05, 0) is 57.2 Å². The Labute approximate surface area is 97.4 Å². The van der Waals surface area contributed by atoms with Crippen molar-refractivity contribution in [3.05, 3.63) is 0 Å². The van der Waals surface area contributed by atoms with Crippen LogP contribution < -0.4 is 0 Å². The monoisotopic (exact) mass is 261 g/mol. The van der Waals surface area contributed by atoms with E-state index >= 15 is 0 Å². The fraction of sp³-hybridized carbons (Fsp3) is 1.00. The van der Waals surface area contributed by atoms with E-state index in [9.17, 15) is 0 Å². The molecule has 0 aliphatic carbocycles. The lowest BCUT2D eigenvalue weighted by atomic mass is 9.89. The topological polar surface area (TPSA) is 3.24 Å². The first-order chi connectivity index (χ1) is 6.74. The molecule has 1 rings (SSSR count). The van der Waals surface area contributed by atoms with Gasteiger partial charge in [-0.25, -0.2) is 0 Å². The lowest BCUT2D eigenvalue weighted by Gasteiger charge is -2.20. The molecular formula is C12H24BrN. The molecular weight excluding hydrogens is 238 g/mol. The van der Waals surface area contributed by atoms with Crippen molar-refractivity contribution in [1.29, 1.82) is 0 Å². The van der Waals surface area contributed by atoms with Gasteiger partial charge in [0, 0.05) is 5.33 Å². The zero-order chi connectivity index (χ0) is 10.4. The second kappa shape index (κ2) is 6.84. The normalized spacial score (nSPS) is 25.3. The smallest absolute Gasteiger partial charge is 0.00434 e. The van der Waals surface area contributed by atoms with Crippen molar-refractivity contribution in [3.8, 4) is 0 Å². The third-order valence-electron chi connectivity index (χ3n) is 3.42. The van der Waals surface area contributed by atoms with Crippen molar-refractivity contribution in [2.24, 2.45) is 11.8 Å². The van der Waals surface area contributed by atoms with Crippen molar-refractivity contribution >= 4 is 15.9 Å². The quantitative estimate of drug-likeness (QED) is 0.700. The van der Waals surface area contributed by atoms with Crippen molar-refractivity contribution in [2.75, 3.05) is 25.0 Å². The molecule has 0 radical (unpaired) electrons. The predicted octanol–water partition coefficient (Wildman–Crippen LogP) is 3.53. The Morgan fingerprint density at radius 1 is 1.29 bits per heavy atom. The summed E-state index contributed by atoms with van der Waals surface area (Å²) in [6.45, 7) is 8.69. The average Bonchev–Trinajstić information content (AvgIpc) is 2.39. The van der Waals surface area contributed by atoms with Crippen molar-refractivity contribution < 1.29 is 0 Å². The van der Waals surface area contributed by atoms with Gasteiger partial charge in [0.2, 0.25) is 0 Å². The van der Waals surface area contributed by atoms with Crippen LogP contribution >= 0.6 is 15.9 Å². The minimum absolute atomic E-state index is 0.881. The molecule has 0 aromatic rings. The summed E-state index contributed by atoms with van der Waals surface area (Å²) in [6.07, 6.45) is 5.57. The number of hydrogen-bond donors (Lipinski definition) is 0. The maximum absolute atomic E-state index is 3.50. The Morgan fingerprint density at radius 2 is 2.07 bits per heavy atom. The van der Waals surface area contributed by atoms with Gasteiger partial charge in [-0.1, -0.05) is 29.8 Å². The maximum atomic E-state index is 3.50. The number of likely N-dealkylation sites (tertiary alicyclic amines) is 1. The Kier molecular flexibility index (Phi) is 6.11. The van der Waals surface area contributed by atoms with Crippen molar-refractivity contribution in [2.45, 2.75) is 39.5 Å². The van der Waals surface area contributed by atoms with E-state index in [-0.39, 0.29) is 0 Å². The summed E-state index contributed by atoms with van der Waals surface area (Å²) >= 11 is 3.50. The van der Waals surface area contributed by atoms with Crippen LogP contribution in [0.1, 0.15) is 39.5 Å². The molecule has 1 aliphatic heterocycles. The molecule has 0 aromatic heterocycles. The van der Waals surface area contributed by atoms with Gasteiger partial charge in [0.25, 0.3) is 0 Å². The largest absolute Gasteiger partial charge is 0.303 e. The molecule has 1 saturated heterocycles. The third kappa shape index (κ3) is 4.31. The number of rotatable bonds is 4. The van der Waals surface area contributed by atoms with E-state index < -0.39 is 0 Å². The van der Waals surface area contributed by atoms with Gasteiger partial charge in [0.1, 0.15) is 0 Å². The van der Waals surface area contributed by atoms with Gasteiger partial charge in [0.15, 0.2) is 0 Å². The van der Waals surface area contributed by atoms with Crippen LogP contribution in [0.2, 0.25) is 0 Å². The van der Waals surface area contributed by atoms with Gasteiger partial charge in [-0.2, -0.15) is 0 Å². The van der Waals surface area contributed by atoms with E-state index in [1.165, 1.54) is 45.3 Å². The summed E-state index contributed by atoms with van der Waals surface area (Å²) in [4.78, 5) is 2.64. The van der Waals surface area contributed by atoms with E-state index in [0.717, 1.165) is 17.2 Å². The van der Waals surface area contributed by atoms with E-state index in [1.54, 1.807) is 0 Å². The van der Waals surface area contributed by atoms with E-state index in [4.69, 9.17) is 0 Å². The van der Waals surface area contributed by atoms with Gasteiger partial charge in [-0.15, -0.1) is 0 Å². The van der Waals surface area contributed by atoms with Gasteiger partial charge in [-0.3, -0.25) is 0 Å². The van der Waals surface area contributed by atoms with Crippen LogP contribution in [0.25, 0.3) is 0 Å². The molecule has 0 bridgehead atoms. The van der Waals surface area contributed by atoms with Crippen LogP contribution in [-0.2, 0) is 0 Å². The molecule has 1 nitrogen and oxygen atoms in total. The standard InChI is InChI=1S/C12H24BrN/c1-11(2)12-5-3-8-14(10-6-12)9-4-7-13/h11-12H,3-10H2,1-2H3. The molecule has 14 heavy (non-hydrogen) atoms. The van der Waals surface area contributed by atoms with Crippen LogP contribution in [-0.4, -0.2) is 29.9 Å².